The van der Waals surface area contributed by atoms with Crippen molar-refractivity contribution in [2.24, 2.45) is 16.6 Å². The number of nitrogens with one attached hydrogen (secondary N) is 2. The molecule has 6 nitrogen and oxygen atoms in total. The molecular weight excluding hydrogens is 417 g/mol. The van der Waals surface area contributed by atoms with Crippen LogP contribution in [0.3, 0.4) is 0 Å². The summed E-state index contributed by atoms with van der Waals surface area (Å²) in [7, 11) is 1.82. The zero-order chi connectivity index (χ0) is 16.9. The molecule has 0 aromatic heterocycles. The first-order valence-corrected chi connectivity index (χ1v) is 9.13. The van der Waals surface area contributed by atoms with Crippen LogP contribution in [0.4, 0.5) is 0 Å². The van der Waals surface area contributed by atoms with E-state index in [9.17, 15) is 4.79 Å². The Labute approximate surface area is 164 Å². The van der Waals surface area contributed by atoms with Crippen molar-refractivity contribution in [3.05, 3.63) is 0 Å². The number of carbonyl (C=O) groups excluding carboxylic acids is 1. The van der Waals surface area contributed by atoms with Crippen LogP contribution in [0.5, 0.6) is 0 Å². The standard InChI is InChI=1S/C17H35N5O.HI/c1-3-4-5-10-20-17(19-2)21-11-6-7-12-22-13-8-15(9-14-22)16(18)23;/h15H,3-14H2,1-2H3,(H2,18,23)(H2,19,20,21);1H. The first-order valence-electron chi connectivity index (χ1n) is 9.13. The van der Waals surface area contributed by atoms with Gasteiger partial charge in [-0.15, -0.1) is 24.0 Å². The molecule has 0 unspecified atom stereocenters. The van der Waals surface area contributed by atoms with E-state index in [0.717, 1.165) is 57.9 Å². The van der Waals surface area contributed by atoms with Crippen LogP contribution in [0.25, 0.3) is 0 Å². The molecule has 1 fully saturated rings. The van der Waals surface area contributed by atoms with Gasteiger partial charge in [-0.3, -0.25) is 9.79 Å². The second-order valence-corrected chi connectivity index (χ2v) is 6.36. The highest BCUT2D eigenvalue weighted by Crippen LogP contribution is 2.16. The monoisotopic (exact) mass is 453 g/mol. The molecule has 0 spiro atoms. The molecule has 1 rings (SSSR count). The zero-order valence-corrected chi connectivity index (χ0v) is 17.7. The summed E-state index contributed by atoms with van der Waals surface area (Å²) in [5.41, 5.74) is 5.36. The lowest BCUT2D eigenvalue weighted by Gasteiger charge is -2.30. The Bertz CT molecular complexity index is 357. The van der Waals surface area contributed by atoms with Gasteiger partial charge in [0.2, 0.25) is 5.91 Å². The van der Waals surface area contributed by atoms with Crippen molar-refractivity contribution >= 4 is 35.8 Å². The van der Waals surface area contributed by atoms with E-state index in [4.69, 9.17) is 5.73 Å². The predicted octanol–water partition coefficient (Wildman–Crippen LogP) is 1.94. The van der Waals surface area contributed by atoms with Gasteiger partial charge < -0.3 is 21.3 Å². The Hall–Kier alpha value is -0.570. The molecule has 1 aliphatic heterocycles. The van der Waals surface area contributed by atoms with Gasteiger partial charge >= 0.3 is 0 Å². The number of rotatable bonds is 10. The SMILES string of the molecule is CCCCCNC(=NC)NCCCCN1CCC(C(N)=O)CC1.I. The number of hydrogen-bond donors (Lipinski definition) is 3. The van der Waals surface area contributed by atoms with E-state index in [0.29, 0.717) is 0 Å². The van der Waals surface area contributed by atoms with Crippen LogP contribution < -0.4 is 16.4 Å². The maximum Gasteiger partial charge on any atom is 0.220 e. The molecule has 0 saturated carbocycles. The van der Waals surface area contributed by atoms with Crippen molar-refractivity contribution in [1.29, 1.82) is 0 Å². The van der Waals surface area contributed by atoms with Crippen LogP contribution >= 0.6 is 24.0 Å². The second kappa shape index (κ2) is 14.7. The maximum absolute atomic E-state index is 11.1. The topological polar surface area (TPSA) is 82.8 Å². The highest BCUT2D eigenvalue weighted by molar-refractivity contribution is 14.0. The van der Waals surface area contributed by atoms with E-state index in [2.05, 4.69) is 27.4 Å². The van der Waals surface area contributed by atoms with Crippen molar-refractivity contribution in [2.75, 3.05) is 39.8 Å². The van der Waals surface area contributed by atoms with Crippen molar-refractivity contribution in [3.8, 4) is 0 Å². The number of nitrogens with zero attached hydrogens (tertiary/aromatic N) is 2. The number of unbranched alkanes of at least 4 members (excludes halogenated alkanes) is 3. The van der Waals surface area contributed by atoms with Gasteiger partial charge in [0.25, 0.3) is 0 Å². The molecule has 24 heavy (non-hydrogen) atoms. The number of amides is 1. The number of nitrogens with two attached hydrogens (primary N) is 1. The second-order valence-electron chi connectivity index (χ2n) is 6.36. The van der Waals surface area contributed by atoms with Crippen LogP contribution in [0, 0.1) is 5.92 Å². The molecule has 0 aliphatic carbocycles. The van der Waals surface area contributed by atoms with Gasteiger partial charge in [0.1, 0.15) is 0 Å². The Kier molecular flexibility index (Phi) is 14.4. The first kappa shape index (κ1) is 23.4. The smallest absolute Gasteiger partial charge is 0.220 e. The van der Waals surface area contributed by atoms with Gasteiger partial charge in [-0.2, -0.15) is 0 Å². The summed E-state index contributed by atoms with van der Waals surface area (Å²) < 4.78 is 0. The molecule has 1 amide bonds. The molecule has 0 aromatic rings. The lowest BCUT2D eigenvalue weighted by molar-refractivity contribution is -0.123. The average molecular weight is 453 g/mol. The predicted molar refractivity (Wildman–Crippen MR) is 112 cm³/mol. The van der Waals surface area contributed by atoms with Crippen molar-refractivity contribution in [2.45, 2.75) is 51.9 Å². The van der Waals surface area contributed by atoms with Gasteiger partial charge in [0.15, 0.2) is 5.96 Å². The third-order valence-electron chi connectivity index (χ3n) is 4.48. The van der Waals surface area contributed by atoms with Gasteiger partial charge in [-0.05, 0) is 51.7 Å². The normalized spacial score (nSPS) is 16.5. The molecule has 0 radical (unpaired) electrons. The van der Waals surface area contributed by atoms with E-state index in [1.807, 2.05) is 7.05 Å². The summed E-state index contributed by atoms with van der Waals surface area (Å²) in [4.78, 5) is 17.8. The maximum atomic E-state index is 11.1. The number of piperidine rings is 1. The average Bonchev–Trinajstić information content (AvgIpc) is 2.57. The molecule has 142 valence electrons. The van der Waals surface area contributed by atoms with Gasteiger partial charge in [0, 0.05) is 26.1 Å². The minimum Gasteiger partial charge on any atom is -0.369 e. The van der Waals surface area contributed by atoms with Gasteiger partial charge in [-0.1, -0.05) is 19.8 Å². The van der Waals surface area contributed by atoms with Gasteiger partial charge in [0.05, 0.1) is 0 Å². The molecule has 7 heteroatoms. The number of likely N-dealkylation sites (tertiary alicyclic amines) is 1. The Balaban J connectivity index is 0.00000529. The summed E-state index contributed by atoms with van der Waals surface area (Å²) in [5.74, 6) is 0.866. The molecule has 1 saturated heterocycles. The van der Waals surface area contributed by atoms with Gasteiger partial charge in [-0.25, -0.2) is 0 Å². The van der Waals surface area contributed by atoms with Crippen LogP contribution in [0.1, 0.15) is 51.9 Å². The Morgan fingerprint density at radius 1 is 1.12 bits per heavy atom. The van der Waals surface area contributed by atoms with E-state index >= 15 is 0 Å². The van der Waals surface area contributed by atoms with E-state index in [1.165, 1.54) is 25.7 Å². The molecular formula is C17H36IN5O. The molecule has 1 heterocycles. The van der Waals surface area contributed by atoms with Crippen molar-refractivity contribution in [3.63, 3.8) is 0 Å². The third kappa shape index (κ3) is 10.3. The fraction of sp³-hybridized carbons (Fsp3) is 0.882. The summed E-state index contributed by atoms with van der Waals surface area (Å²) in [5, 5.41) is 6.71. The number of aliphatic imine (C=N–C) groups is 1. The Morgan fingerprint density at radius 2 is 1.71 bits per heavy atom. The van der Waals surface area contributed by atoms with Crippen LogP contribution in [0.15, 0.2) is 4.99 Å². The summed E-state index contributed by atoms with van der Waals surface area (Å²) >= 11 is 0. The number of halogens is 1. The van der Waals surface area contributed by atoms with E-state index < -0.39 is 0 Å². The number of carbonyl (C=O) groups is 1. The summed E-state index contributed by atoms with van der Waals surface area (Å²) in [6.07, 6.45) is 7.83. The largest absolute Gasteiger partial charge is 0.369 e. The molecule has 4 N–H and O–H groups in total. The first-order chi connectivity index (χ1) is 11.2. The lowest BCUT2D eigenvalue weighted by Crippen LogP contribution is -2.40. The highest BCUT2D eigenvalue weighted by Gasteiger charge is 2.22. The van der Waals surface area contributed by atoms with Crippen LogP contribution in [-0.2, 0) is 4.79 Å². The van der Waals surface area contributed by atoms with Crippen LogP contribution in [-0.4, -0.2) is 56.5 Å². The minimum atomic E-state index is -0.133. The Morgan fingerprint density at radius 3 is 2.21 bits per heavy atom. The van der Waals surface area contributed by atoms with Crippen molar-refractivity contribution in [1.82, 2.24) is 15.5 Å². The molecule has 0 bridgehead atoms. The molecule has 0 atom stereocenters. The molecule has 0 aromatic carbocycles. The van der Waals surface area contributed by atoms with E-state index in [-0.39, 0.29) is 35.8 Å². The summed E-state index contributed by atoms with van der Waals surface area (Å²) in [6.45, 7) is 7.26. The van der Waals surface area contributed by atoms with Crippen LogP contribution in [0.2, 0.25) is 0 Å². The highest BCUT2D eigenvalue weighted by atomic mass is 127. The number of primary amides is 1. The number of hydrogen-bond acceptors (Lipinski definition) is 3. The fourth-order valence-corrected chi connectivity index (χ4v) is 2.91. The van der Waals surface area contributed by atoms with E-state index in [1.54, 1.807) is 0 Å². The van der Waals surface area contributed by atoms with Crippen molar-refractivity contribution < 1.29 is 4.79 Å². The minimum absolute atomic E-state index is 0. The summed E-state index contributed by atoms with van der Waals surface area (Å²) in [6, 6.07) is 0. The fourth-order valence-electron chi connectivity index (χ4n) is 2.91. The zero-order valence-electron chi connectivity index (χ0n) is 15.4. The lowest BCUT2D eigenvalue weighted by atomic mass is 9.96. The number of guanidine groups is 1. The quantitative estimate of drug-likeness (QED) is 0.204. The molecule has 1 aliphatic rings. The third-order valence-corrected chi connectivity index (χ3v) is 4.48.